The average Bonchev–Trinajstić information content (AvgIpc) is 2.85. The van der Waals surface area contributed by atoms with Crippen LogP contribution in [0.25, 0.3) is 0 Å². The van der Waals surface area contributed by atoms with Crippen molar-refractivity contribution in [3.63, 3.8) is 0 Å². The Balaban J connectivity index is 2.09. The van der Waals surface area contributed by atoms with Gasteiger partial charge in [0, 0.05) is 31.7 Å². The average molecular weight is 545 g/mol. The van der Waals surface area contributed by atoms with Gasteiger partial charge in [-0.25, -0.2) is 0 Å². The van der Waals surface area contributed by atoms with Crippen molar-refractivity contribution in [3.05, 3.63) is 69.7 Å². The number of esters is 3. The quantitative estimate of drug-likeness (QED) is 0.344. The van der Waals surface area contributed by atoms with Gasteiger partial charge in [0.15, 0.2) is 12.2 Å². The monoisotopic (exact) mass is 544 g/mol. The minimum absolute atomic E-state index is 0.504. The molecule has 6 unspecified atom stereocenters. The van der Waals surface area contributed by atoms with Gasteiger partial charge in [-0.2, -0.15) is 0 Å². The molecule has 1 aliphatic carbocycles. The lowest BCUT2D eigenvalue weighted by atomic mass is 9.68. The number of ether oxygens (including phenoxy) is 3. The van der Waals surface area contributed by atoms with Gasteiger partial charge in [0.25, 0.3) is 0 Å². The third kappa shape index (κ3) is 7.14. The van der Waals surface area contributed by atoms with Crippen LogP contribution in [-0.2, 0) is 41.4 Å². The second-order valence-electron chi connectivity index (χ2n) is 9.89. The minimum Gasteiger partial charge on any atom is -0.458 e. The summed E-state index contributed by atoms with van der Waals surface area (Å²) in [6.07, 6.45) is -1.48. The van der Waals surface area contributed by atoms with E-state index in [0.717, 1.165) is 17.5 Å². The molecule has 38 heavy (non-hydrogen) atoms. The van der Waals surface area contributed by atoms with Gasteiger partial charge in [0.1, 0.15) is 6.10 Å². The molecule has 7 nitrogen and oxygen atoms in total. The van der Waals surface area contributed by atoms with Crippen LogP contribution in [0.1, 0.15) is 75.6 Å². The van der Waals surface area contributed by atoms with E-state index in [2.05, 4.69) is 31.2 Å². The lowest BCUT2D eigenvalue weighted by Crippen LogP contribution is -2.60. The van der Waals surface area contributed by atoms with Gasteiger partial charge < -0.3 is 19.3 Å². The molecule has 6 atom stereocenters. The standard InChI is InChI=1S/C30H37ClO7/c1-6-8-24-27(35)26(29(37-18(4)33)30(38-19(5)34)28(24)36-17(3)32)22-13-14-25(31)23(16-22)15-21-11-9-20(7-2)10-12-21/h9-14,16,24,26-30,35H,6-8,15H2,1-5H3. The predicted octanol–water partition coefficient (Wildman–Crippen LogP) is 5.16. The predicted molar refractivity (Wildman–Crippen MR) is 144 cm³/mol. The summed E-state index contributed by atoms with van der Waals surface area (Å²) in [6, 6.07) is 13.8. The molecule has 0 aliphatic heterocycles. The van der Waals surface area contributed by atoms with Gasteiger partial charge in [0.05, 0.1) is 12.0 Å². The van der Waals surface area contributed by atoms with Crippen LogP contribution < -0.4 is 0 Å². The first-order chi connectivity index (χ1) is 18.0. The maximum absolute atomic E-state index is 12.2. The number of aryl methyl sites for hydroxylation is 1. The molecule has 0 spiro atoms. The van der Waals surface area contributed by atoms with Crippen molar-refractivity contribution < 1.29 is 33.7 Å². The molecule has 0 radical (unpaired) electrons. The van der Waals surface area contributed by atoms with Crippen molar-refractivity contribution in [3.8, 4) is 0 Å². The van der Waals surface area contributed by atoms with Crippen LogP contribution in [0, 0.1) is 5.92 Å². The van der Waals surface area contributed by atoms with Crippen LogP contribution in [-0.4, -0.2) is 47.4 Å². The molecule has 0 saturated heterocycles. The molecule has 206 valence electrons. The van der Waals surface area contributed by atoms with E-state index in [9.17, 15) is 19.5 Å². The molecule has 0 amide bonds. The molecule has 1 N–H and O–H groups in total. The topological polar surface area (TPSA) is 99.1 Å². The number of benzene rings is 2. The van der Waals surface area contributed by atoms with E-state index < -0.39 is 54.2 Å². The van der Waals surface area contributed by atoms with Crippen molar-refractivity contribution in [2.75, 3.05) is 0 Å². The van der Waals surface area contributed by atoms with E-state index in [1.807, 2.05) is 13.0 Å². The Kier molecular flexibility index (Phi) is 10.3. The van der Waals surface area contributed by atoms with Gasteiger partial charge >= 0.3 is 17.9 Å². The van der Waals surface area contributed by atoms with Crippen molar-refractivity contribution >= 4 is 29.5 Å². The summed E-state index contributed by atoms with van der Waals surface area (Å²) < 4.78 is 16.9. The number of halogens is 1. The SMILES string of the molecule is CCCC1C(O)C(c2ccc(Cl)c(Cc3ccc(CC)cc3)c2)C(OC(C)=O)C(OC(C)=O)C1OC(C)=O. The third-order valence-electron chi connectivity index (χ3n) is 7.04. The molecule has 2 aromatic rings. The van der Waals surface area contributed by atoms with E-state index in [1.165, 1.54) is 26.3 Å². The number of hydrogen-bond donors (Lipinski definition) is 1. The van der Waals surface area contributed by atoms with E-state index in [1.54, 1.807) is 12.1 Å². The number of aliphatic hydroxyl groups is 1. The van der Waals surface area contributed by atoms with E-state index in [-0.39, 0.29) is 0 Å². The van der Waals surface area contributed by atoms with Crippen LogP contribution in [0.2, 0.25) is 5.02 Å². The molecular formula is C30H37ClO7. The second kappa shape index (κ2) is 13.3. The van der Waals surface area contributed by atoms with Crippen molar-refractivity contribution in [2.24, 2.45) is 5.92 Å². The van der Waals surface area contributed by atoms with Crippen LogP contribution in [0.5, 0.6) is 0 Å². The maximum Gasteiger partial charge on any atom is 0.303 e. The zero-order valence-electron chi connectivity index (χ0n) is 22.6. The Morgan fingerprint density at radius 2 is 1.37 bits per heavy atom. The molecule has 1 aliphatic rings. The first kappa shape index (κ1) is 29.7. The normalized spacial score (nSPS) is 24.9. The van der Waals surface area contributed by atoms with Crippen molar-refractivity contribution in [2.45, 2.75) is 90.6 Å². The number of rotatable bonds is 9. The van der Waals surface area contributed by atoms with Gasteiger partial charge in [0.2, 0.25) is 0 Å². The number of carbonyl (C=O) groups excluding carboxylic acids is 3. The Morgan fingerprint density at radius 1 is 0.816 bits per heavy atom. The second-order valence-corrected chi connectivity index (χ2v) is 10.3. The Hall–Kier alpha value is -2.90. The number of hydrogen-bond acceptors (Lipinski definition) is 7. The highest BCUT2D eigenvalue weighted by atomic mass is 35.5. The van der Waals surface area contributed by atoms with E-state index >= 15 is 0 Å². The molecule has 0 bridgehead atoms. The minimum atomic E-state index is -1.09. The van der Waals surface area contributed by atoms with E-state index in [4.69, 9.17) is 25.8 Å². The van der Waals surface area contributed by atoms with E-state index in [0.29, 0.717) is 29.8 Å². The molecule has 1 saturated carbocycles. The summed E-state index contributed by atoms with van der Waals surface area (Å²) in [5.41, 5.74) is 3.86. The third-order valence-corrected chi connectivity index (χ3v) is 7.41. The zero-order chi connectivity index (χ0) is 28.0. The van der Waals surface area contributed by atoms with Gasteiger partial charge in [-0.3, -0.25) is 14.4 Å². The summed E-state index contributed by atoms with van der Waals surface area (Å²) >= 11 is 6.58. The smallest absolute Gasteiger partial charge is 0.303 e. The van der Waals surface area contributed by atoms with Crippen LogP contribution >= 0.6 is 11.6 Å². The fourth-order valence-corrected chi connectivity index (χ4v) is 5.58. The summed E-state index contributed by atoms with van der Waals surface area (Å²) in [6.45, 7) is 7.81. The molecule has 2 aromatic carbocycles. The molecule has 0 aromatic heterocycles. The van der Waals surface area contributed by atoms with Crippen LogP contribution in [0.3, 0.4) is 0 Å². The zero-order valence-corrected chi connectivity index (χ0v) is 23.4. The van der Waals surface area contributed by atoms with Gasteiger partial charge in [-0.05, 0) is 47.6 Å². The lowest BCUT2D eigenvalue weighted by molar-refractivity contribution is -0.214. The van der Waals surface area contributed by atoms with Gasteiger partial charge in [-0.15, -0.1) is 0 Å². The summed E-state index contributed by atoms with van der Waals surface area (Å²) in [5.74, 6) is -3.09. The van der Waals surface area contributed by atoms with Gasteiger partial charge in [-0.1, -0.05) is 68.3 Å². The summed E-state index contributed by atoms with van der Waals surface area (Å²) in [4.78, 5) is 36.3. The molecule has 3 rings (SSSR count). The maximum atomic E-state index is 12.2. The van der Waals surface area contributed by atoms with Crippen molar-refractivity contribution in [1.29, 1.82) is 0 Å². The highest BCUT2D eigenvalue weighted by Gasteiger charge is 2.55. The highest BCUT2D eigenvalue weighted by molar-refractivity contribution is 6.31. The summed E-state index contributed by atoms with van der Waals surface area (Å²) in [7, 11) is 0. The van der Waals surface area contributed by atoms with Crippen molar-refractivity contribution in [1.82, 2.24) is 0 Å². The lowest BCUT2D eigenvalue weighted by Gasteiger charge is -2.48. The Morgan fingerprint density at radius 3 is 1.92 bits per heavy atom. The highest BCUT2D eigenvalue weighted by Crippen LogP contribution is 2.44. The summed E-state index contributed by atoms with van der Waals surface area (Å²) in [5, 5.41) is 12.3. The number of carbonyl (C=O) groups is 3. The Bertz CT molecular complexity index is 1130. The fourth-order valence-electron chi connectivity index (χ4n) is 5.40. The van der Waals surface area contributed by atoms with Crippen LogP contribution in [0.4, 0.5) is 0 Å². The molecular weight excluding hydrogens is 508 g/mol. The number of aliphatic hydroxyl groups excluding tert-OH is 1. The largest absolute Gasteiger partial charge is 0.458 e. The molecule has 0 heterocycles. The molecule has 1 fully saturated rings. The first-order valence-electron chi connectivity index (χ1n) is 13.1. The fraction of sp³-hybridized carbons (Fsp3) is 0.500. The molecule has 8 heteroatoms. The van der Waals surface area contributed by atoms with Crippen LogP contribution in [0.15, 0.2) is 42.5 Å². The first-order valence-corrected chi connectivity index (χ1v) is 13.5. The Labute approximate surface area is 229 Å².